The van der Waals surface area contributed by atoms with Gasteiger partial charge in [-0.1, -0.05) is 26.0 Å². The average molecular weight is 867 g/mol. The summed E-state index contributed by atoms with van der Waals surface area (Å²) in [6.45, 7) is 8.87. The van der Waals surface area contributed by atoms with E-state index in [4.69, 9.17) is 33.7 Å². The summed E-state index contributed by atoms with van der Waals surface area (Å²) in [5, 5.41) is 5.40. The van der Waals surface area contributed by atoms with Crippen molar-refractivity contribution in [1.82, 2.24) is 40.4 Å². The molecule has 2 aromatic carbocycles. The predicted octanol–water partition coefficient (Wildman–Crippen LogP) is 5.85. The van der Waals surface area contributed by atoms with Crippen LogP contribution in [0.25, 0.3) is 33.6 Å². The van der Waals surface area contributed by atoms with Gasteiger partial charge in [0.1, 0.15) is 36.1 Å². The zero-order chi connectivity index (χ0) is 44.7. The number of methoxy groups -OCH3 is 4. The van der Waals surface area contributed by atoms with Crippen LogP contribution in [0.2, 0.25) is 0 Å². The van der Waals surface area contributed by atoms with Crippen molar-refractivity contribution in [2.75, 3.05) is 41.6 Å². The number of rotatable bonds is 12. The molecule has 4 aromatic rings. The van der Waals surface area contributed by atoms with E-state index in [-0.39, 0.29) is 41.8 Å². The topological polar surface area (TPSA) is 202 Å². The summed E-state index contributed by atoms with van der Waals surface area (Å²) in [6.07, 6.45) is 3.63. The molecule has 2 fully saturated rings. The van der Waals surface area contributed by atoms with Crippen LogP contribution in [-0.4, -0.2) is 120 Å². The number of carbonyl (C=O) groups excluding carboxylic acids is 4. The van der Waals surface area contributed by atoms with Gasteiger partial charge in [-0.2, -0.15) is 0 Å². The monoisotopic (exact) mass is 866 g/mol. The summed E-state index contributed by atoms with van der Waals surface area (Å²) >= 11 is 0. The summed E-state index contributed by atoms with van der Waals surface area (Å²) in [4.78, 5) is 73.1. The fraction of sp³-hybridized carbons (Fsp3) is 0.522. The minimum atomic E-state index is -0.956. The molecule has 4 aliphatic rings. The number of ether oxygens (including phenoxy) is 5. The molecule has 0 unspecified atom stereocenters. The van der Waals surface area contributed by atoms with Gasteiger partial charge < -0.3 is 54.1 Å². The molecule has 7 atom stereocenters. The second-order valence-corrected chi connectivity index (χ2v) is 17.5. The van der Waals surface area contributed by atoms with Crippen LogP contribution < -0.4 is 15.4 Å². The molecule has 0 spiro atoms. The number of hydrogen-bond donors (Lipinski definition) is 4. The van der Waals surface area contributed by atoms with Crippen LogP contribution in [0.1, 0.15) is 87.5 Å². The van der Waals surface area contributed by atoms with Crippen LogP contribution >= 0.6 is 0 Å². The Morgan fingerprint density at radius 3 is 2.33 bits per heavy atom. The van der Waals surface area contributed by atoms with Crippen LogP contribution in [0.4, 0.5) is 9.59 Å². The Kier molecular flexibility index (Phi) is 12.5. The Balaban J connectivity index is 1.03. The lowest BCUT2D eigenvalue weighted by molar-refractivity contribution is -0.138. The highest BCUT2D eigenvalue weighted by molar-refractivity contribution is 5.88. The first-order chi connectivity index (χ1) is 30.3. The number of hydrogen-bond acceptors (Lipinski definition) is 11. The third-order valence-corrected chi connectivity index (χ3v) is 13.2. The van der Waals surface area contributed by atoms with Crippen molar-refractivity contribution in [2.45, 2.75) is 103 Å². The van der Waals surface area contributed by atoms with Gasteiger partial charge in [0.25, 0.3) is 0 Å². The summed E-state index contributed by atoms with van der Waals surface area (Å²) in [7, 11) is 5.71. The average Bonchev–Trinajstić information content (AvgIpc) is 4.11. The van der Waals surface area contributed by atoms with Gasteiger partial charge in [-0.05, 0) is 92.3 Å². The minimum absolute atomic E-state index is 0.0196. The number of nitrogens with one attached hydrogen (secondary N) is 4. The largest absolute Gasteiger partial charge is 0.488 e. The normalized spacial score (nSPS) is 21.3. The molecule has 17 heteroatoms. The number of fused-ring (bicyclic) bond motifs is 6. The second kappa shape index (κ2) is 18.0. The van der Waals surface area contributed by atoms with Gasteiger partial charge in [0.15, 0.2) is 0 Å². The molecule has 17 nitrogen and oxygen atoms in total. The first kappa shape index (κ1) is 43.7. The van der Waals surface area contributed by atoms with E-state index in [0.29, 0.717) is 37.8 Å². The quantitative estimate of drug-likeness (QED) is 0.133. The van der Waals surface area contributed by atoms with Crippen molar-refractivity contribution >= 4 is 24.0 Å². The van der Waals surface area contributed by atoms with Gasteiger partial charge >= 0.3 is 12.2 Å². The van der Waals surface area contributed by atoms with Crippen molar-refractivity contribution < 1.29 is 42.9 Å². The highest BCUT2D eigenvalue weighted by Crippen LogP contribution is 2.46. The number of aryl methyl sites for hydroxylation is 2. The molecule has 4 N–H and O–H groups in total. The zero-order valence-corrected chi connectivity index (χ0v) is 37.2. The number of imidazole rings is 2. The van der Waals surface area contributed by atoms with Gasteiger partial charge in [-0.15, -0.1) is 0 Å². The van der Waals surface area contributed by atoms with Crippen LogP contribution in [0.5, 0.6) is 5.75 Å². The lowest BCUT2D eigenvalue weighted by Crippen LogP contribution is -2.54. The molecule has 2 aromatic heterocycles. The summed E-state index contributed by atoms with van der Waals surface area (Å²) in [6, 6.07) is 8.34. The van der Waals surface area contributed by atoms with Crippen LogP contribution in [-0.2, 0) is 48.0 Å². The predicted molar refractivity (Wildman–Crippen MR) is 231 cm³/mol. The van der Waals surface area contributed by atoms with Crippen molar-refractivity contribution in [3.8, 4) is 39.4 Å². The van der Waals surface area contributed by atoms with Crippen LogP contribution in [0, 0.1) is 11.8 Å². The summed E-state index contributed by atoms with van der Waals surface area (Å²) < 4.78 is 27.1. The number of carbonyl (C=O) groups is 4. The van der Waals surface area contributed by atoms with E-state index in [1.54, 1.807) is 18.9 Å². The van der Waals surface area contributed by atoms with Crippen molar-refractivity contribution in [2.24, 2.45) is 11.8 Å². The highest BCUT2D eigenvalue weighted by atomic mass is 16.5. The number of aromatic nitrogens is 4. The fourth-order valence-electron chi connectivity index (χ4n) is 9.73. The molecule has 1 aliphatic carbocycles. The third kappa shape index (κ3) is 8.35. The zero-order valence-electron chi connectivity index (χ0n) is 37.2. The Morgan fingerprint density at radius 1 is 0.857 bits per heavy atom. The van der Waals surface area contributed by atoms with Gasteiger partial charge in [0, 0.05) is 49.5 Å². The van der Waals surface area contributed by atoms with Gasteiger partial charge in [0.05, 0.1) is 56.6 Å². The van der Waals surface area contributed by atoms with E-state index < -0.39 is 30.4 Å². The summed E-state index contributed by atoms with van der Waals surface area (Å²) in [5.41, 5.74) is 8.98. The molecule has 5 heterocycles. The lowest BCUT2D eigenvalue weighted by atomic mass is 9.86. The number of nitrogens with zero attached hydrogens (tertiary/aromatic N) is 4. The molecule has 2 saturated heterocycles. The fourth-order valence-corrected chi connectivity index (χ4v) is 9.73. The molecule has 0 bridgehead atoms. The highest BCUT2D eigenvalue weighted by Gasteiger charge is 2.44. The maximum atomic E-state index is 14.2. The van der Waals surface area contributed by atoms with E-state index in [0.717, 1.165) is 81.9 Å². The lowest BCUT2D eigenvalue weighted by Gasteiger charge is -2.32. The van der Waals surface area contributed by atoms with E-state index in [1.807, 2.05) is 31.9 Å². The second-order valence-electron chi connectivity index (χ2n) is 17.5. The first-order valence-electron chi connectivity index (χ1n) is 21.7. The Morgan fingerprint density at radius 2 is 1.62 bits per heavy atom. The molecule has 4 amide bonds. The Bertz CT molecular complexity index is 2380. The molecule has 8 rings (SSSR count). The van der Waals surface area contributed by atoms with Crippen molar-refractivity contribution in [3.05, 3.63) is 65.0 Å². The molecule has 0 saturated carbocycles. The maximum Gasteiger partial charge on any atom is 0.407 e. The number of benzene rings is 2. The summed E-state index contributed by atoms with van der Waals surface area (Å²) in [5.74, 6) is 1.68. The standard InChI is InChI=1S/C46H58N8O9/c1-23(2)38(51-45(57)61-7)44(56)54-24(3)9-14-35(54)41-47-19-34(49-41)28-10-12-30-29(16-28)22-63-37-18-31-27(17-32(30)37)11-13-33-40(31)50-42(48-33)36-15-26(21-59-5)20-53(36)43(55)39(25(4)60-6)52-46(58)62-8/h10,12,16-19,23-26,35-36,38-39H,9,11,13-15,20-22H2,1-8H3,(H,47,49)(H,48,50)(H,51,57)(H,52,58)/t24-,25+,26-,35-,36-,38-,39-/m0/s1. The SMILES string of the molecule is COC[C@H]1C[C@@H](c2nc3c([nH]2)CCc2cc4c(cc2-3)OCc2cc(-c3cnc([C@@H]5CC[C@H](C)N5C(=O)[C@@H](NC(=O)OC)C(C)C)[nH]3)ccc2-4)N(C(=O)[C@@H](NC(=O)OC)[C@@H](C)OC)C1. The molecule has 0 radical (unpaired) electrons. The molecular formula is C46H58N8O9. The number of aromatic amines is 2. The van der Waals surface area contributed by atoms with Crippen molar-refractivity contribution in [1.29, 1.82) is 0 Å². The van der Waals surface area contributed by atoms with Crippen LogP contribution in [0.15, 0.2) is 36.5 Å². The number of likely N-dealkylation sites (tertiary alicyclic amines) is 2. The van der Waals surface area contributed by atoms with Gasteiger partial charge in [-0.3, -0.25) is 9.59 Å². The maximum absolute atomic E-state index is 14.2. The molecule has 63 heavy (non-hydrogen) atoms. The van der Waals surface area contributed by atoms with Crippen molar-refractivity contribution in [3.63, 3.8) is 0 Å². The van der Waals surface area contributed by atoms with E-state index in [9.17, 15) is 19.2 Å². The Hall–Kier alpha value is -5.94. The molecular weight excluding hydrogens is 809 g/mol. The molecule has 3 aliphatic heterocycles. The van der Waals surface area contributed by atoms with E-state index >= 15 is 0 Å². The van der Waals surface area contributed by atoms with E-state index in [2.05, 4.69) is 50.9 Å². The van der Waals surface area contributed by atoms with E-state index in [1.165, 1.54) is 21.3 Å². The van der Waals surface area contributed by atoms with Gasteiger partial charge in [-0.25, -0.2) is 19.6 Å². The van der Waals surface area contributed by atoms with Gasteiger partial charge in [0.2, 0.25) is 11.8 Å². The number of amides is 4. The third-order valence-electron chi connectivity index (χ3n) is 13.2. The number of H-pyrrole nitrogens is 2. The Labute approximate surface area is 366 Å². The molecule has 336 valence electrons. The smallest absolute Gasteiger partial charge is 0.407 e. The minimum Gasteiger partial charge on any atom is -0.488 e. The number of alkyl carbamates (subject to hydrolysis) is 2. The van der Waals surface area contributed by atoms with Crippen LogP contribution in [0.3, 0.4) is 0 Å². The first-order valence-corrected chi connectivity index (χ1v) is 21.7.